The Morgan fingerprint density at radius 2 is 1.93 bits per heavy atom. The van der Waals surface area contributed by atoms with Crippen molar-refractivity contribution in [2.75, 3.05) is 55.8 Å². The summed E-state index contributed by atoms with van der Waals surface area (Å²) in [7, 11) is 4.07. The number of aromatic amines is 1. The largest absolute Gasteiger partial charge is 0.382 e. The predicted octanol–water partition coefficient (Wildman–Crippen LogP) is 3.61. The number of halogens is 2. The molecule has 6 rings (SSSR count). The zero-order valence-electron chi connectivity index (χ0n) is 24.3. The topological polar surface area (TPSA) is 123 Å². The van der Waals surface area contributed by atoms with Crippen molar-refractivity contribution >= 4 is 57.0 Å². The van der Waals surface area contributed by atoms with Crippen molar-refractivity contribution in [3.8, 4) is 11.1 Å². The SMILES string of the molecule is C=CC(=O)N1C[C@H](C)N(c2nc(N3CC(N(C)C)C3)nc3c(F)c(-c4c(C)cnc5[nH]nc(N)c45)c(Cl)cc23)C[C@H]1C. The maximum Gasteiger partial charge on any atom is 0.246 e. The van der Waals surface area contributed by atoms with E-state index in [1.54, 1.807) is 17.2 Å². The standard InChI is InChI=1S/C29H34ClFN10O/c1-7-20(42)40-10-16(4)41(11-15(40)3)28-18-8-19(30)22(21-14(2)9-33-27-23(21)26(32)36-37-27)24(31)25(18)34-29(35-28)39-12-17(13-39)38(5)6/h7-9,15-17H,1,10-13H2,2-6H3,(H3,32,33,36,37)/t15-,16+/m1/s1. The highest BCUT2D eigenvalue weighted by Crippen LogP contribution is 2.43. The molecular formula is C29H34ClFN10O. The molecule has 0 unspecified atom stereocenters. The van der Waals surface area contributed by atoms with E-state index >= 15 is 4.39 Å². The molecule has 2 saturated heterocycles. The first-order valence-electron chi connectivity index (χ1n) is 13.9. The summed E-state index contributed by atoms with van der Waals surface area (Å²) in [5.74, 6) is 0.561. The number of carbonyl (C=O) groups excluding carboxylic acids is 1. The number of nitrogens with zero attached hydrogens (tertiary/aromatic N) is 8. The zero-order chi connectivity index (χ0) is 30.0. The molecule has 1 aromatic carbocycles. The van der Waals surface area contributed by atoms with Crippen LogP contribution in [0.15, 0.2) is 24.9 Å². The maximum atomic E-state index is 16.9. The fourth-order valence-corrected chi connectivity index (χ4v) is 6.27. The van der Waals surface area contributed by atoms with Gasteiger partial charge in [0.2, 0.25) is 11.9 Å². The molecule has 2 aliphatic rings. The van der Waals surface area contributed by atoms with Crippen molar-refractivity contribution in [1.82, 2.24) is 34.9 Å². The summed E-state index contributed by atoms with van der Waals surface area (Å²) in [6, 6.07) is 1.87. The first-order valence-corrected chi connectivity index (χ1v) is 14.3. The second-order valence-electron chi connectivity index (χ2n) is 11.5. The minimum absolute atomic E-state index is 0.101. The lowest BCUT2D eigenvalue weighted by Gasteiger charge is -2.45. The van der Waals surface area contributed by atoms with Gasteiger partial charge in [0.1, 0.15) is 11.3 Å². The number of aromatic nitrogens is 5. The molecule has 2 fully saturated rings. The van der Waals surface area contributed by atoms with Crippen LogP contribution in [0.1, 0.15) is 19.4 Å². The van der Waals surface area contributed by atoms with Crippen molar-refractivity contribution < 1.29 is 9.18 Å². The van der Waals surface area contributed by atoms with Gasteiger partial charge in [-0.3, -0.25) is 9.89 Å². The maximum absolute atomic E-state index is 16.9. The Bertz CT molecular complexity index is 1730. The number of hydrogen-bond acceptors (Lipinski definition) is 9. The van der Waals surface area contributed by atoms with Gasteiger partial charge in [-0.2, -0.15) is 10.1 Å². The average Bonchev–Trinajstić information content (AvgIpc) is 3.30. The first kappa shape index (κ1) is 28.1. The van der Waals surface area contributed by atoms with Crippen LogP contribution in [0.4, 0.5) is 22.0 Å². The number of rotatable bonds is 5. The van der Waals surface area contributed by atoms with Gasteiger partial charge in [0, 0.05) is 67.0 Å². The number of hydrogen-bond donors (Lipinski definition) is 2. The van der Waals surface area contributed by atoms with Crippen LogP contribution in [0, 0.1) is 12.7 Å². The highest BCUT2D eigenvalue weighted by atomic mass is 35.5. The number of H-pyrrole nitrogens is 1. The van der Waals surface area contributed by atoms with E-state index in [-0.39, 0.29) is 39.9 Å². The summed E-state index contributed by atoms with van der Waals surface area (Å²) in [6.07, 6.45) is 2.98. The van der Waals surface area contributed by atoms with Crippen LogP contribution in [-0.4, -0.2) is 99.3 Å². The first-order chi connectivity index (χ1) is 20.0. The number of nitrogen functional groups attached to an aromatic ring is 1. The van der Waals surface area contributed by atoms with Crippen LogP contribution < -0.4 is 15.5 Å². The highest BCUT2D eigenvalue weighted by Gasteiger charge is 2.36. The number of nitrogens with one attached hydrogen (secondary N) is 1. The van der Waals surface area contributed by atoms with Gasteiger partial charge in [-0.15, -0.1) is 0 Å². The van der Waals surface area contributed by atoms with Gasteiger partial charge >= 0.3 is 0 Å². The summed E-state index contributed by atoms with van der Waals surface area (Å²) in [4.78, 5) is 34.8. The summed E-state index contributed by atoms with van der Waals surface area (Å²) in [5.41, 5.74) is 8.21. The number of piperazine rings is 1. The fourth-order valence-electron chi connectivity index (χ4n) is 5.98. The predicted molar refractivity (Wildman–Crippen MR) is 164 cm³/mol. The lowest BCUT2D eigenvalue weighted by Crippen LogP contribution is -2.59. The number of fused-ring (bicyclic) bond motifs is 2. The average molecular weight is 593 g/mol. The molecule has 2 atom stereocenters. The summed E-state index contributed by atoms with van der Waals surface area (Å²) in [5, 5.41) is 8.09. The van der Waals surface area contributed by atoms with Crippen molar-refractivity contribution in [3.05, 3.63) is 41.3 Å². The molecule has 2 aliphatic heterocycles. The number of likely N-dealkylation sites (N-methyl/N-ethyl adjacent to an activating group) is 1. The molecular weight excluding hydrogens is 559 g/mol. The molecule has 3 N–H and O–H groups in total. The molecule has 220 valence electrons. The van der Waals surface area contributed by atoms with Crippen molar-refractivity contribution in [1.29, 1.82) is 0 Å². The van der Waals surface area contributed by atoms with Gasteiger partial charge in [0.05, 0.1) is 10.4 Å². The molecule has 0 radical (unpaired) electrons. The van der Waals surface area contributed by atoms with Crippen LogP contribution in [0.25, 0.3) is 33.1 Å². The van der Waals surface area contributed by atoms with E-state index in [1.807, 2.05) is 34.9 Å². The van der Waals surface area contributed by atoms with E-state index in [4.69, 9.17) is 27.3 Å². The van der Waals surface area contributed by atoms with Crippen LogP contribution in [0.3, 0.4) is 0 Å². The number of nitrogens with two attached hydrogens (primary N) is 1. The third-order valence-electron chi connectivity index (χ3n) is 8.50. The summed E-state index contributed by atoms with van der Waals surface area (Å²) in [6.45, 7) is 11.9. The van der Waals surface area contributed by atoms with E-state index in [0.717, 1.165) is 13.1 Å². The molecule has 0 saturated carbocycles. The molecule has 0 aliphatic carbocycles. The third-order valence-corrected chi connectivity index (χ3v) is 8.80. The molecule has 1 amide bonds. The van der Waals surface area contributed by atoms with Crippen LogP contribution in [0.2, 0.25) is 5.02 Å². The lowest BCUT2D eigenvalue weighted by atomic mass is 9.96. The van der Waals surface area contributed by atoms with Crippen molar-refractivity contribution in [3.63, 3.8) is 0 Å². The van der Waals surface area contributed by atoms with Gasteiger partial charge in [-0.05, 0) is 52.6 Å². The number of amides is 1. The van der Waals surface area contributed by atoms with E-state index in [0.29, 0.717) is 58.4 Å². The molecule has 0 spiro atoms. The van der Waals surface area contributed by atoms with Crippen LogP contribution >= 0.6 is 11.6 Å². The molecule has 0 bridgehead atoms. The van der Waals surface area contributed by atoms with Crippen LogP contribution in [0.5, 0.6) is 0 Å². The van der Waals surface area contributed by atoms with Crippen molar-refractivity contribution in [2.45, 2.75) is 38.9 Å². The fraction of sp³-hybridized carbons (Fsp3) is 0.414. The number of aryl methyl sites for hydroxylation is 1. The monoisotopic (exact) mass is 592 g/mol. The quantitative estimate of drug-likeness (QED) is 0.334. The normalized spacial score (nSPS) is 19.7. The molecule has 11 nitrogen and oxygen atoms in total. The van der Waals surface area contributed by atoms with Gasteiger partial charge in [0.15, 0.2) is 17.3 Å². The van der Waals surface area contributed by atoms with Crippen LogP contribution in [-0.2, 0) is 4.79 Å². The van der Waals surface area contributed by atoms with Gasteiger partial charge in [0.25, 0.3) is 0 Å². The Kier molecular flexibility index (Phi) is 6.93. The third kappa shape index (κ3) is 4.40. The molecule has 13 heteroatoms. The minimum Gasteiger partial charge on any atom is -0.382 e. The van der Waals surface area contributed by atoms with Gasteiger partial charge in [-0.1, -0.05) is 18.2 Å². The van der Waals surface area contributed by atoms with E-state index in [9.17, 15) is 4.79 Å². The van der Waals surface area contributed by atoms with Gasteiger partial charge in [-0.25, -0.2) is 14.4 Å². The molecule has 5 heterocycles. The van der Waals surface area contributed by atoms with E-state index in [1.165, 1.54) is 6.08 Å². The smallest absolute Gasteiger partial charge is 0.246 e. The lowest BCUT2D eigenvalue weighted by molar-refractivity contribution is -0.128. The molecule has 4 aromatic rings. The Morgan fingerprint density at radius 1 is 1.19 bits per heavy atom. The number of anilines is 3. The van der Waals surface area contributed by atoms with Gasteiger partial charge < -0.3 is 25.3 Å². The Morgan fingerprint density at radius 3 is 2.62 bits per heavy atom. The van der Waals surface area contributed by atoms with Crippen molar-refractivity contribution in [2.24, 2.45) is 0 Å². The van der Waals surface area contributed by atoms with E-state index < -0.39 is 5.82 Å². The molecule has 42 heavy (non-hydrogen) atoms. The zero-order valence-corrected chi connectivity index (χ0v) is 25.1. The van der Waals surface area contributed by atoms with E-state index in [2.05, 4.69) is 36.5 Å². The summed E-state index contributed by atoms with van der Waals surface area (Å²) < 4.78 is 16.9. The molecule has 3 aromatic heterocycles. The second-order valence-corrected chi connectivity index (χ2v) is 11.9. The highest BCUT2D eigenvalue weighted by molar-refractivity contribution is 6.35. The number of carbonyl (C=O) groups is 1. The number of pyridine rings is 1. The second kappa shape index (κ2) is 10.4. The minimum atomic E-state index is -0.565. The Balaban J connectivity index is 1.55. The summed E-state index contributed by atoms with van der Waals surface area (Å²) >= 11 is 6.90. The Labute approximate surface area is 248 Å². The Hall–Kier alpha value is -4.03. The number of benzene rings is 1.